The average molecular weight is 290 g/mol. The van der Waals surface area contributed by atoms with E-state index in [9.17, 15) is 0 Å². The zero-order valence-electron chi connectivity index (χ0n) is 11.9. The maximum atomic E-state index is 8.96. The van der Waals surface area contributed by atoms with Crippen molar-refractivity contribution < 1.29 is 4.42 Å². The first-order valence-corrected chi connectivity index (χ1v) is 7.35. The van der Waals surface area contributed by atoms with Crippen molar-refractivity contribution in [3.63, 3.8) is 0 Å². The van der Waals surface area contributed by atoms with E-state index in [0.717, 1.165) is 47.6 Å². The lowest BCUT2D eigenvalue weighted by Crippen LogP contribution is -2.12. The van der Waals surface area contributed by atoms with E-state index < -0.39 is 0 Å². The predicted octanol–water partition coefficient (Wildman–Crippen LogP) is 3.19. The van der Waals surface area contributed by atoms with Gasteiger partial charge in [-0.2, -0.15) is 5.26 Å². The molecular weight excluding hydrogens is 276 g/mol. The van der Waals surface area contributed by atoms with E-state index in [1.165, 1.54) is 0 Å². The van der Waals surface area contributed by atoms with E-state index in [-0.39, 0.29) is 6.04 Å². The fourth-order valence-electron chi connectivity index (χ4n) is 2.81. The Labute approximate surface area is 127 Å². The highest BCUT2D eigenvalue weighted by Crippen LogP contribution is 2.28. The summed E-state index contributed by atoms with van der Waals surface area (Å²) < 4.78 is 5.84. The molecular formula is C17H14N4O. The molecule has 0 amide bonds. The lowest BCUT2D eigenvalue weighted by Gasteiger charge is -2.02. The maximum absolute atomic E-state index is 8.96. The van der Waals surface area contributed by atoms with Gasteiger partial charge in [0.05, 0.1) is 11.7 Å². The molecule has 5 heteroatoms. The SMILES string of the molecule is N#Cc1cccc(-c2ccc3oc(C4CCCN4)nc3c2)n1. The van der Waals surface area contributed by atoms with Crippen LogP contribution in [0.2, 0.25) is 0 Å². The summed E-state index contributed by atoms with van der Waals surface area (Å²) in [6.07, 6.45) is 2.21. The van der Waals surface area contributed by atoms with Crippen LogP contribution >= 0.6 is 0 Å². The number of nitrogens with one attached hydrogen (secondary N) is 1. The van der Waals surface area contributed by atoms with Crippen molar-refractivity contribution in [2.24, 2.45) is 0 Å². The smallest absolute Gasteiger partial charge is 0.212 e. The number of fused-ring (bicyclic) bond motifs is 1. The van der Waals surface area contributed by atoms with Crippen LogP contribution < -0.4 is 5.32 Å². The van der Waals surface area contributed by atoms with E-state index in [0.29, 0.717) is 5.69 Å². The van der Waals surface area contributed by atoms with Gasteiger partial charge in [0.2, 0.25) is 5.89 Å². The number of pyridine rings is 1. The molecule has 0 saturated carbocycles. The van der Waals surface area contributed by atoms with Gasteiger partial charge in [-0.15, -0.1) is 0 Å². The molecule has 1 aliphatic heterocycles. The van der Waals surface area contributed by atoms with Crippen molar-refractivity contribution in [1.29, 1.82) is 5.26 Å². The molecule has 1 unspecified atom stereocenters. The van der Waals surface area contributed by atoms with Crippen LogP contribution in [0, 0.1) is 11.3 Å². The molecule has 1 atom stereocenters. The fraction of sp³-hybridized carbons (Fsp3) is 0.235. The van der Waals surface area contributed by atoms with Crippen molar-refractivity contribution >= 4 is 11.1 Å². The fourth-order valence-corrected chi connectivity index (χ4v) is 2.81. The second-order valence-electron chi connectivity index (χ2n) is 5.40. The van der Waals surface area contributed by atoms with E-state index in [4.69, 9.17) is 9.68 Å². The molecule has 5 nitrogen and oxygen atoms in total. The number of nitrogens with zero attached hydrogens (tertiary/aromatic N) is 3. The van der Waals surface area contributed by atoms with Crippen molar-refractivity contribution in [2.45, 2.75) is 18.9 Å². The summed E-state index contributed by atoms with van der Waals surface area (Å²) >= 11 is 0. The molecule has 0 aliphatic carbocycles. The molecule has 4 rings (SSSR count). The Balaban J connectivity index is 1.75. The second kappa shape index (κ2) is 5.24. The Morgan fingerprint density at radius 2 is 2.18 bits per heavy atom. The van der Waals surface area contributed by atoms with Gasteiger partial charge in [-0.1, -0.05) is 6.07 Å². The molecule has 1 aromatic carbocycles. The minimum atomic E-state index is 0.218. The van der Waals surface area contributed by atoms with Gasteiger partial charge < -0.3 is 9.73 Å². The van der Waals surface area contributed by atoms with Gasteiger partial charge in [0.15, 0.2) is 5.58 Å². The lowest BCUT2D eigenvalue weighted by atomic mass is 10.1. The number of hydrogen-bond donors (Lipinski definition) is 1. The number of aromatic nitrogens is 2. The average Bonchev–Trinajstić information content (AvgIpc) is 3.23. The van der Waals surface area contributed by atoms with Crippen LogP contribution in [-0.4, -0.2) is 16.5 Å². The Morgan fingerprint density at radius 1 is 1.23 bits per heavy atom. The Morgan fingerprint density at radius 3 is 3.00 bits per heavy atom. The minimum absolute atomic E-state index is 0.218. The van der Waals surface area contributed by atoms with Crippen molar-refractivity contribution in [3.8, 4) is 17.3 Å². The zero-order valence-corrected chi connectivity index (χ0v) is 11.9. The number of oxazole rings is 1. The summed E-state index contributed by atoms with van der Waals surface area (Å²) in [5.41, 5.74) is 3.72. The summed E-state index contributed by atoms with van der Waals surface area (Å²) in [5, 5.41) is 12.3. The molecule has 3 heterocycles. The molecule has 1 aliphatic rings. The number of rotatable bonds is 2. The first kappa shape index (κ1) is 13.0. The molecule has 108 valence electrons. The van der Waals surface area contributed by atoms with Crippen LogP contribution in [0.25, 0.3) is 22.4 Å². The highest BCUT2D eigenvalue weighted by atomic mass is 16.3. The van der Waals surface area contributed by atoms with Gasteiger partial charge in [-0.3, -0.25) is 0 Å². The Hall–Kier alpha value is -2.71. The third kappa shape index (κ3) is 2.24. The second-order valence-corrected chi connectivity index (χ2v) is 5.40. The highest BCUT2D eigenvalue weighted by Gasteiger charge is 2.21. The molecule has 1 N–H and O–H groups in total. The number of hydrogen-bond acceptors (Lipinski definition) is 5. The lowest BCUT2D eigenvalue weighted by molar-refractivity contribution is 0.452. The van der Waals surface area contributed by atoms with E-state index in [1.807, 2.05) is 30.3 Å². The van der Waals surface area contributed by atoms with Crippen LogP contribution in [0.15, 0.2) is 40.8 Å². The first-order chi connectivity index (χ1) is 10.8. The van der Waals surface area contributed by atoms with Gasteiger partial charge in [0.1, 0.15) is 17.3 Å². The Kier molecular flexibility index (Phi) is 3.10. The normalized spacial score (nSPS) is 17.7. The third-order valence-corrected chi connectivity index (χ3v) is 3.92. The van der Waals surface area contributed by atoms with Gasteiger partial charge >= 0.3 is 0 Å². The van der Waals surface area contributed by atoms with E-state index in [2.05, 4.69) is 21.4 Å². The molecule has 0 bridgehead atoms. The summed E-state index contributed by atoms with van der Waals surface area (Å²) in [4.78, 5) is 8.92. The summed E-state index contributed by atoms with van der Waals surface area (Å²) in [5.74, 6) is 0.753. The van der Waals surface area contributed by atoms with Gasteiger partial charge in [0.25, 0.3) is 0 Å². The maximum Gasteiger partial charge on any atom is 0.212 e. The molecule has 1 fully saturated rings. The van der Waals surface area contributed by atoms with Crippen LogP contribution in [0.1, 0.15) is 30.5 Å². The first-order valence-electron chi connectivity index (χ1n) is 7.35. The van der Waals surface area contributed by atoms with Gasteiger partial charge in [0, 0.05) is 5.56 Å². The molecule has 22 heavy (non-hydrogen) atoms. The van der Waals surface area contributed by atoms with Gasteiger partial charge in [-0.25, -0.2) is 9.97 Å². The molecule has 3 aromatic rings. The van der Waals surface area contributed by atoms with Crippen LogP contribution in [0.3, 0.4) is 0 Å². The van der Waals surface area contributed by atoms with Crippen molar-refractivity contribution in [1.82, 2.24) is 15.3 Å². The van der Waals surface area contributed by atoms with Crippen LogP contribution in [-0.2, 0) is 0 Å². The molecule has 2 aromatic heterocycles. The monoisotopic (exact) mass is 290 g/mol. The molecule has 1 saturated heterocycles. The number of nitriles is 1. The van der Waals surface area contributed by atoms with Gasteiger partial charge in [-0.05, 0) is 49.7 Å². The quantitative estimate of drug-likeness (QED) is 0.784. The van der Waals surface area contributed by atoms with E-state index >= 15 is 0 Å². The highest BCUT2D eigenvalue weighted by molar-refractivity contribution is 5.79. The molecule has 0 spiro atoms. The molecule has 0 radical (unpaired) electrons. The number of benzene rings is 1. The predicted molar refractivity (Wildman–Crippen MR) is 81.9 cm³/mol. The van der Waals surface area contributed by atoms with Crippen LogP contribution in [0.4, 0.5) is 0 Å². The topological polar surface area (TPSA) is 74.7 Å². The largest absolute Gasteiger partial charge is 0.439 e. The minimum Gasteiger partial charge on any atom is -0.439 e. The summed E-state index contributed by atoms with van der Waals surface area (Å²) in [6.45, 7) is 1.01. The van der Waals surface area contributed by atoms with Crippen molar-refractivity contribution in [2.75, 3.05) is 6.54 Å². The van der Waals surface area contributed by atoms with Crippen LogP contribution in [0.5, 0.6) is 0 Å². The van der Waals surface area contributed by atoms with E-state index in [1.54, 1.807) is 6.07 Å². The third-order valence-electron chi connectivity index (χ3n) is 3.92. The summed E-state index contributed by atoms with van der Waals surface area (Å²) in [7, 11) is 0. The standard InChI is InChI=1S/C17H14N4O/c18-10-12-3-1-4-13(20-12)11-6-7-16-15(9-11)21-17(22-16)14-5-2-8-19-14/h1,3-4,6-7,9,14,19H,2,5,8H2. The zero-order chi connectivity index (χ0) is 14.9. The Bertz CT molecular complexity index is 872. The van der Waals surface area contributed by atoms with Crippen molar-refractivity contribution in [3.05, 3.63) is 48.0 Å². The summed E-state index contributed by atoms with van der Waals surface area (Å²) in [6, 6.07) is 13.5.